The highest BCUT2D eigenvalue weighted by Gasteiger charge is 2.14. The zero-order valence-corrected chi connectivity index (χ0v) is 11.8. The van der Waals surface area contributed by atoms with Crippen molar-refractivity contribution in [1.82, 2.24) is 10.2 Å². The van der Waals surface area contributed by atoms with E-state index in [0.29, 0.717) is 13.0 Å². The maximum atomic E-state index is 11.3. The number of hydrogen-bond donors (Lipinski definition) is 2. The summed E-state index contributed by atoms with van der Waals surface area (Å²) >= 11 is 0. The molecule has 17 heavy (non-hydrogen) atoms. The molecule has 1 saturated heterocycles. The Labute approximate surface area is 115 Å². The molecule has 1 amide bonds. The van der Waals surface area contributed by atoms with Crippen LogP contribution in [0.1, 0.15) is 13.3 Å². The average molecular weight is 288 g/mol. The van der Waals surface area contributed by atoms with Crippen LogP contribution < -0.4 is 11.1 Å². The molecule has 7 heteroatoms. The molecule has 3 N–H and O–H groups in total. The van der Waals surface area contributed by atoms with Crippen molar-refractivity contribution in [2.45, 2.75) is 19.4 Å². The summed E-state index contributed by atoms with van der Waals surface area (Å²) in [6, 6.07) is 0.183. The van der Waals surface area contributed by atoms with Crippen molar-refractivity contribution in [1.29, 1.82) is 0 Å². The van der Waals surface area contributed by atoms with Crippen LogP contribution in [0.5, 0.6) is 0 Å². The van der Waals surface area contributed by atoms with Crippen LogP contribution in [0.3, 0.4) is 0 Å². The van der Waals surface area contributed by atoms with E-state index in [1.54, 1.807) is 0 Å². The van der Waals surface area contributed by atoms with Gasteiger partial charge in [-0.25, -0.2) is 0 Å². The lowest BCUT2D eigenvalue weighted by Gasteiger charge is -2.29. The average Bonchev–Trinajstić information content (AvgIpc) is 2.19. The summed E-state index contributed by atoms with van der Waals surface area (Å²) in [5.41, 5.74) is 5.30. The number of carbonyl (C=O) groups excluding carboxylic acids is 1. The molecule has 0 spiro atoms. The number of ether oxygens (including phenoxy) is 1. The quantitative estimate of drug-likeness (QED) is 0.748. The maximum Gasteiger partial charge on any atom is 0.221 e. The Morgan fingerprint density at radius 1 is 1.41 bits per heavy atom. The van der Waals surface area contributed by atoms with Gasteiger partial charge in [-0.2, -0.15) is 0 Å². The molecule has 0 aromatic carbocycles. The Morgan fingerprint density at radius 2 is 2.00 bits per heavy atom. The number of nitrogens with zero attached hydrogens (tertiary/aromatic N) is 1. The Hall–Kier alpha value is -0.0700. The number of halogens is 2. The largest absolute Gasteiger partial charge is 0.379 e. The molecule has 0 bridgehead atoms. The number of carbonyl (C=O) groups is 1. The minimum Gasteiger partial charge on any atom is -0.379 e. The molecule has 0 aromatic heterocycles. The van der Waals surface area contributed by atoms with Gasteiger partial charge in [0.15, 0.2) is 0 Å². The molecule has 1 atom stereocenters. The third kappa shape index (κ3) is 8.63. The highest BCUT2D eigenvalue weighted by atomic mass is 35.5. The zero-order chi connectivity index (χ0) is 11.1. The lowest BCUT2D eigenvalue weighted by molar-refractivity contribution is -0.121. The van der Waals surface area contributed by atoms with Crippen molar-refractivity contribution in [2.75, 3.05) is 39.4 Å². The van der Waals surface area contributed by atoms with Gasteiger partial charge in [0, 0.05) is 38.6 Å². The first-order chi connectivity index (χ1) is 7.22. The molecule has 0 radical (unpaired) electrons. The minimum atomic E-state index is 0. The molecule has 1 aliphatic heterocycles. The van der Waals surface area contributed by atoms with E-state index in [-0.39, 0.29) is 36.8 Å². The lowest BCUT2D eigenvalue weighted by atomic mass is 10.2. The number of hydrogen-bond acceptors (Lipinski definition) is 4. The SMILES string of the molecule is CC(CN1CCOCC1)NC(=O)CCN.Cl.Cl. The Kier molecular flexibility index (Phi) is 12.5. The van der Waals surface area contributed by atoms with Crippen molar-refractivity contribution in [3.8, 4) is 0 Å². The van der Waals surface area contributed by atoms with Crippen molar-refractivity contribution >= 4 is 30.7 Å². The smallest absolute Gasteiger partial charge is 0.221 e. The van der Waals surface area contributed by atoms with Crippen LogP contribution in [0.2, 0.25) is 0 Å². The first-order valence-electron chi connectivity index (χ1n) is 5.52. The first-order valence-corrected chi connectivity index (χ1v) is 5.52. The van der Waals surface area contributed by atoms with Crippen LogP contribution >= 0.6 is 24.8 Å². The Morgan fingerprint density at radius 3 is 2.53 bits per heavy atom. The second-order valence-electron chi connectivity index (χ2n) is 3.92. The van der Waals surface area contributed by atoms with Gasteiger partial charge in [0.1, 0.15) is 0 Å². The number of nitrogens with two attached hydrogens (primary N) is 1. The topological polar surface area (TPSA) is 67.6 Å². The van der Waals surface area contributed by atoms with Crippen molar-refractivity contribution in [2.24, 2.45) is 5.73 Å². The molecule has 0 aromatic rings. The van der Waals surface area contributed by atoms with E-state index in [1.165, 1.54) is 0 Å². The molecule has 1 aliphatic rings. The second kappa shape index (κ2) is 11.0. The van der Waals surface area contributed by atoms with E-state index in [2.05, 4.69) is 10.2 Å². The highest BCUT2D eigenvalue weighted by Crippen LogP contribution is 1.98. The van der Waals surface area contributed by atoms with Gasteiger partial charge in [-0.1, -0.05) is 0 Å². The molecule has 0 aliphatic carbocycles. The van der Waals surface area contributed by atoms with Gasteiger partial charge in [-0.05, 0) is 6.92 Å². The summed E-state index contributed by atoms with van der Waals surface area (Å²) in [6.07, 6.45) is 0.410. The first kappa shape index (κ1) is 19.3. The maximum absolute atomic E-state index is 11.3. The fourth-order valence-corrected chi connectivity index (χ4v) is 1.69. The van der Waals surface area contributed by atoms with Crippen LogP contribution in [0.15, 0.2) is 0 Å². The normalized spacial score (nSPS) is 17.5. The van der Waals surface area contributed by atoms with Crippen LogP contribution in [-0.2, 0) is 9.53 Å². The molecule has 5 nitrogen and oxygen atoms in total. The fraction of sp³-hybridized carbons (Fsp3) is 0.900. The third-order valence-corrected chi connectivity index (χ3v) is 2.41. The van der Waals surface area contributed by atoms with Gasteiger partial charge >= 0.3 is 0 Å². The van der Waals surface area contributed by atoms with Crippen LogP contribution in [0, 0.1) is 0 Å². The predicted molar refractivity (Wildman–Crippen MR) is 73.0 cm³/mol. The van der Waals surface area contributed by atoms with Gasteiger partial charge in [0.25, 0.3) is 0 Å². The van der Waals surface area contributed by atoms with Gasteiger partial charge in [0.2, 0.25) is 5.91 Å². The summed E-state index contributed by atoms with van der Waals surface area (Å²) in [7, 11) is 0. The highest BCUT2D eigenvalue weighted by molar-refractivity contribution is 5.85. The standard InChI is InChI=1S/C10H21N3O2.2ClH/c1-9(12-10(14)2-3-11)8-13-4-6-15-7-5-13;;/h9H,2-8,11H2,1H3,(H,12,14);2*1H. The fourth-order valence-electron chi connectivity index (χ4n) is 1.69. The molecule has 104 valence electrons. The summed E-state index contributed by atoms with van der Waals surface area (Å²) in [5.74, 6) is 0.0401. The van der Waals surface area contributed by atoms with Gasteiger partial charge in [-0.15, -0.1) is 24.8 Å². The Balaban J connectivity index is 0. The van der Waals surface area contributed by atoms with Crippen molar-refractivity contribution in [3.63, 3.8) is 0 Å². The number of nitrogens with one attached hydrogen (secondary N) is 1. The summed E-state index contributed by atoms with van der Waals surface area (Å²) in [4.78, 5) is 13.6. The molecular weight excluding hydrogens is 265 g/mol. The van der Waals surface area contributed by atoms with E-state index in [0.717, 1.165) is 32.8 Å². The molecule has 1 heterocycles. The van der Waals surface area contributed by atoms with Crippen molar-refractivity contribution < 1.29 is 9.53 Å². The van der Waals surface area contributed by atoms with Crippen LogP contribution in [0.4, 0.5) is 0 Å². The molecular formula is C10H23Cl2N3O2. The van der Waals surface area contributed by atoms with E-state index in [1.807, 2.05) is 6.92 Å². The van der Waals surface area contributed by atoms with E-state index in [9.17, 15) is 4.79 Å². The van der Waals surface area contributed by atoms with E-state index >= 15 is 0 Å². The lowest BCUT2D eigenvalue weighted by Crippen LogP contribution is -2.46. The van der Waals surface area contributed by atoms with E-state index < -0.39 is 0 Å². The second-order valence-corrected chi connectivity index (χ2v) is 3.92. The summed E-state index contributed by atoms with van der Waals surface area (Å²) in [5, 5.41) is 2.93. The van der Waals surface area contributed by atoms with Gasteiger partial charge < -0.3 is 15.8 Å². The molecule has 1 fully saturated rings. The van der Waals surface area contributed by atoms with Crippen LogP contribution in [0.25, 0.3) is 0 Å². The monoisotopic (exact) mass is 287 g/mol. The van der Waals surface area contributed by atoms with Gasteiger partial charge in [0.05, 0.1) is 13.2 Å². The predicted octanol–water partition coefficient (Wildman–Crippen LogP) is 0.0157. The van der Waals surface area contributed by atoms with Crippen LogP contribution in [-0.4, -0.2) is 56.2 Å². The van der Waals surface area contributed by atoms with E-state index in [4.69, 9.17) is 10.5 Å². The zero-order valence-electron chi connectivity index (χ0n) is 10.2. The summed E-state index contributed by atoms with van der Waals surface area (Å²) < 4.78 is 5.26. The minimum absolute atomic E-state index is 0. The molecule has 1 rings (SSSR count). The van der Waals surface area contributed by atoms with Gasteiger partial charge in [-0.3, -0.25) is 9.69 Å². The van der Waals surface area contributed by atoms with Crippen molar-refractivity contribution in [3.05, 3.63) is 0 Å². The molecule has 0 saturated carbocycles. The number of morpholine rings is 1. The third-order valence-electron chi connectivity index (χ3n) is 2.41. The number of rotatable bonds is 5. The Bertz CT molecular complexity index is 202. The molecule has 1 unspecified atom stereocenters. The number of amides is 1. The summed E-state index contributed by atoms with van der Waals surface area (Å²) in [6.45, 7) is 6.82.